The first-order chi connectivity index (χ1) is 7.90. The predicted octanol–water partition coefficient (Wildman–Crippen LogP) is 2.51. The molecule has 0 unspecified atom stereocenters. The molecule has 16 heavy (non-hydrogen) atoms. The van der Waals surface area contributed by atoms with Crippen LogP contribution in [-0.4, -0.2) is 17.6 Å². The summed E-state index contributed by atoms with van der Waals surface area (Å²) in [6.07, 6.45) is 6.80. The molecule has 0 aromatic carbocycles. The van der Waals surface area contributed by atoms with Crippen LogP contribution in [-0.2, 0) is 6.54 Å². The Morgan fingerprint density at radius 3 is 3.06 bits per heavy atom. The topological polar surface area (TPSA) is 34.1 Å². The minimum Gasteiger partial charge on any atom is -0.477 e. The van der Waals surface area contributed by atoms with Gasteiger partial charge in [0.15, 0.2) is 0 Å². The smallest absolute Gasteiger partial charge is 0.217 e. The Morgan fingerprint density at radius 1 is 1.50 bits per heavy atom. The van der Waals surface area contributed by atoms with Crippen LogP contribution in [0.25, 0.3) is 0 Å². The van der Waals surface area contributed by atoms with Gasteiger partial charge in [-0.3, -0.25) is 0 Å². The second kappa shape index (κ2) is 5.85. The highest BCUT2D eigenvalue weighted by atomic mass is 16.5. The summed E-state index contributed by atoms with van der Waals surface area (Å²) >= 11 is 0. The molecule has 1 fully saturated rings. The van der Waals surface area contributed by atoms with Crippen molar-refractivity contribution in [2.24, 2.45) is 0 Å². The highest BCUT2D eigenvalue weighted by Gasteiger charge is 2.16. The largest absolute Gasteiger partial charge is 0.477 e. The quantitative estimate of drug-likeness (QED) is 0.800. The van der Waals surface area contributed by atoms with Gasteiger partial charge in [-0.1, -0.05) is 19.4 Å². The lowest BCUT2D eigenvalue weighted by atomic mass is 9.93. The fraction of sp³-hybridized carbons (Fsp3) is 0.615. The van der Waals surface area contributed by atoms with Crippen LogP contribution in [0.5, 0.6) is 5.88 Å². The van der Waals surface area contributed by atoms with E-state index in [4.69, 9.17) is 4.74 Å². The molecule has 0 saturated heterocycles. The summed E-state index contributed by atoms with van der Waals surface area (Å²) < 4.78 is 5.62. The van der Waals surface area contributed by atoms with Gasteiger partial charge in [-0.25, -0.2) is 4.98 Å². The SMILES string of the molecule is CCCOc1ncccc1CNC1CCC1. The van der Waals surface area contributed by atoms with Crippen molar-refractivity contribution in [3.05, 3.63) is 23.9 Å². The Hall–Kier alpha value is -1.09. The summed E-state index contributed by atoms with van der Waals surface area (Å²) in [5.74, 6) is 0.788. The van der Waals surface area contributed by atoms with E-state index in [1.807, 2.05) is 6.07 Å². The highest BCUT2D eigenvalue weighted by Crippen LogP contribution is 2.20. The number of aromatic nitrogens is 1. The number of pyridine rings is 1. The maximum absolute atomic E-state index is 5.62. The van der Waals surface area contributed by atoms with Crippen LogP contribution < -0.4 is 10.1 Å². The van der Waals surface area contributed by atoms with Gasteiger partial charge in [0.05, 0.1) is 6.61 Å². The number of ether oxygens (including phenoxy) is 1. The van der Waals surface area contributed by atoms with Crippen molar-refractivity contribution in [1.82, 2.24) is 10.3 Å². The summed E-state index contributed by atoms with van der Waals surface area (Å²) in [5, 5.41) is 3.53. The van der Waals surface area contributed by atoms with Gasteiger partial charge in [0.25, 0.3) is 0 Å². The molecule has 0 amide bonds. The average Bonchev–Trinajstić information content (AvgIpc) is 2.26. The molecule has 0 bridgehead atoms. The predicted molar refractivity (Wildman–Crippen MR) is 64.5 cm³/mol. The summed E-state index contributed by atoms with van der Waals surface area (Å²) in [5.41, 5.74) is 1.17. The summed E-state index contributed by atoms with van der Waals surface area (Å²) in [6.45, 7) is 3.72. The summed E-state index contributed by atoms with van der Waals surface area (Å²) in [4.78, 5) is 4.28. The van der Waals surface area contributed by atoms with Gasteiger partial charge in [0.2, 0.25) is 5.88 Å². The van der Waals surface area contributed by atoms with E-state index >= 15 is 0 Å². The van der Waals surface area contributed by atoms with Crippen molar-refractivity contribution in [2.45, 2.75) is 45.2 Å². The van der Waals surface area contributed by atoms with E-state index in [1.54, 1.807) is 6.20 Å². The number of hydrogen-bond acceptors (Lipinski definition) is 3. The first kappa shape index (κ1) is 11.4. The van der Waals surface area contributed by atoms with E-state index in [2.05, 4.69) is 23.3 Å². The van der Waals surface area contributed by atoms with E-state index in [-0.39, 0.29) is 0 Å². The van der Waals surface area contributed by atoms with Gasteiger partial charge in [0.1, 0.15) is 0 Å². The molecule has 1 aliphatic rings. The molecule has 2 rings (SSSR count). The summed E-state index contributed by atoms with van der Waals surface area (Å²) in [7, 11) is 0. The molecule has 1 aromatic heterocycles. The van der Waals surface area contributed by atoms with Crippen molar-refractivity contribution in [1.29, 1.82) is 0 Å². The molecule has 0 radical (unpaired) electrons. The lowest BCUT2D eigenvalue weighted by molar-refractivity contribution is 0.295. The molecule has 3 heteroatoms. The molecule has 1 heterocycles. The van der Waals surface area contributed by atoms with Crippen molar-refractivity contribution in [3.8, 4) is 5.88 Å². The van der Waals surface area contributed by atoms with Gasteiger partial charge < -0.3 is 10.1 Å². The number of nitrogens with one attached hydrogen (secondary N) is 1. The lowest BCUT2D eigenvalue weighted by Crippen LogP contribution is -2.34. The third kappa shape index (κ3) is 2.95. The van der Waals surface area contributed by atoms with Crippen molar-refractivity contribution in [2.75, 3.05) is 6.61 Å². The van der Waals surface area contributed by atoms with Crippen LogP contribution in [0, 0.1) is 0 Å². The zero-order valence-electron chi connectivity index (χ0n) is 9.91. The van der Waals surface area contributed by atoms with E-state index in [0.717, 1.165) is 25.5 Å². The van der Waals surface area contributed by atoms with Gasteiger partial charge in [-0.15, -0.1) is 0 Å². The molecule has 1 N–H and O–H groups in total. The summed E-state index contributed by atoms with van der Waals surface area (Å²) in [6, 6.07) is 4.76. The molecule has 88 valence electrons. The van der Waals surface area contributed by atoms with Crippen LogP contribution in [0.1, 0.15) is 38.2 Å². The van der Waals surface area contributed by atoms with Crippen molar-refractivity contribution in [3.63, 3.8) is 0 Å². The minimum atomic E-state index is 0.708. The highest BCUT2D eigenvalue weighted by molar-refractivity contribution is 5.25. The standard InChI is InChI=1S/C13H20N2O/c1-2-9-16-13-11(5-4-8-14-13)10-15-12-6-3-7-12/h4-5,8,12,15H,2-3,6-7,9-10H2,1H3. The van der Waals surface area contributed by atoms with Crippen LogP contribution >= 0.6 is 0 Å². The minimum absolute atomic E-state index is 0.708. The van der Waals surface area contributed by atoms with Crippen molar-refractivity contribution >= 4 is 0 Å². The molecule has 0 aliphatic heterocycles. The third-order valence-corrected chi connectivity index (χ3v) is 2.98. The first-order valence-corrected chi connectivity index (χ1v) is 6.20. The second-order valence-electron chi connectivity index (χ2n) is 4.32. The third-order valence-electron chi connectivity index (χ3n) is 2.98. The monoisotopic (exact) mass is 220 g/mol. The normalized spacial score (nSPS) is 15.8. The number of hydrogen-bond donors (Lipinski definition) is 1. The van der Waals surface area contributed by atoms with Gasteiger partial charge in [0, 0.05) is 24.3 Å². The molecule has 3 nitrogen and oxygen atoms in total. The Bertz CT molecular complexity index is 323. The van der Waals surface area contributed by atoms with E-state index in [9.17, 15) is 0 Å². The molecule has 1 aliphatic carbocycles. The zero-order chi connectivity index (χ0) is 11.2. The van der Waals surface area contributed by atoms with Crippen LogP contribution in [0.2, 0.25) is 0 Å². The fourth-order valence-corrected chi connectivity index (χ4v) is 1.75. The van der Waals surface area contributed by atoms with E-state index in [0.29, 0.717) is 6.04 Å². The maximum Gasteiger partial charge on any atom is 0.217 e. The molecule has 0 spiro atoms. The molecule has 0 atom stereocenters. The number of rotatable bonds is 6. The van der Waals surface area contributed by atoms with Crippen LogP contribution in [0.3, 0.4) is 0 Å². The Labute approximate surface area is 97.2 Å². The Kier molecular flexibility index (Phi) is 4.17. The molecular formula is C13H20N2O. The number of nitrogens with zero attached hydrogens (tertiary/aromatic N) is 1. The average molecular weight is 220 g/mol. The van der Waals surface area contributed by atoms with Gasteiger partial charge >= 0.3 is 0 Å². The zero-order valence-corrected chi connectivity index (χ0v) is 9.91. The molecule has 1 saturated carbocycles. The molecular weight excluding hydrogens is 200 g/mol. The molecule has 1 aromatic rings. The van der Waals surface area contributed by atoms with Crippen LogP contribution in [0.4, 0.5) is 0 Å². The maximum atomic E-state index is 5.62. The fourth-order valence-electron chi connectivity index (χ4n) is 1.75. The van der Waals surface area contributed by atoms with E-state index < -0.39 is 0 Å². The lowest BCUT2D eigenvalue weighted by Gasteiger charge is -2.26. The Balaban J connectivity index is 1.89. The first-order valence-electron chi connectivity index (χ1n) is 6.20. The van der Waals surface area contributed by atoms with Crippen LogP contribution in [0.15, 0.2) is 18.3 Å². The van der Waals surface area contributed by atoms with Gasteiger partial charge in [-0.05, 0) is 25.3 Å². The van der Waals surface area contributed by atoms with Gasteiger partial charge in [-0.2, -0.15) is 0 Å². The van der Waals surface area contributed by atoms with Crippen molar-refractivity contribution < 1.29 is 4.74 Å². The van der Waals surface area contributed by atoms with E-state index in [1.165, 1.54) is 24.8 Å². The second-order valence-corrected chi connectivity index (χ2v) is 4.32. The Morgan fingerprint density at radius 2 is 2.38 bits per heavy atom.